The van der Waals surface area contributed by atoms with E-state index in [-0.39, 0.29) is 6.04 Å². The van der Waals surface area contributed by atoms with Gasteiger partial charge in [-0.15, -0.1) is 0 Å². The van der Waals surface area contributed by atoms with Crippen molar-refractivity contribution in [3.8, 4) is 0 Å². The number of nitrogens with one attached hydrogen (secondary N) is 1. The van der Waals surface area contributed by atoms with Gasteiger partial charge in [0.1, 0.15) is 0 Å². The van der Waals surface area contributed by atoms with Crippen LogP contribution in [0.25, 0.3) is 10.9 Å². The first-order chi connectivity index (χ1) is 12.6. The predicted molar refractivity (Wildman–Crippen MR) is 111 cm³/mol. The Bertz CT molecular complexity index is 915. The summed E-state index contributed by atoms with van der Waals surface area (Å²) in [6.45, 7) is 6.53. The van der Waals surface area contributed by atoms with Gasteiger partial charge in [0, 0.05) is 46.6 Å². The predicted octanol–water partition coefficient (Wildman–Crippen LogP) is 5.97. The van der Waals surface area contributed by atoms with Crippen molar-refractivity contribution in [1.29, 1.82) is 0 Å². The lowest BCUT2D eigenvalue weighted by molar-refractivity contribution is 0.885. The van der Waals surface area contributed by atoms with Crippen molar-refractivity contribution in [2.45, 2.75) is 32.7 Å². The lowest BCUT2D eigenvalue weighted by Gasteiger charge is -2.21. The highest BCUT2D eigenvalue weighted by Crippen LogP contribution is 2.32. The molecule has 1 aliphatic heterocycles. The van der Waals surface area contributed by atoms with Crippen LogP contribution in [0.15, 0.2) is 48.5 Å². The maximum atomic E-state index is 5.99. The molecule has 1 N–H and O–H groups in total. The molecule has 2 heterocycles. The molecule has 1 fully saturated rings. The van der Waals surface area contributed by atoms with E-state index in [1.807, 2.05) is 12.1 Å². The van der Waals surface area contributed by atoms with E-state index in [4.69, 9.17) is 16.6 Å². The van der Waals surface area contributed by atoms with Crippen LogP contribution in [-0.2, 0) is 0 Å². The fourth-order valence-electron chi connectivity index (χ4n) is 3.73. The van der Waals surface area contributed by atoms with Gasteiger partial charge in [-0.25, -0.2) is 0 Å². The third-order valence-electron chi connectivity index (χ3n) is 5.12. The Balaban J connectivity index is 1.63. The second-order valence-corrected chi connectivity index (χ2v) is 7.56. The van der Waals surface area contributed by atoms with Gasteiger partial charge in [-0.05, 0) is 68.7 Å². The minimum atomic E-state index is 0.201. The number of aryl methyl sites for hydroxylation is 1. The van der Waals surface area contributed by atoms with Crippen molar-refractivity contribution in [3.63, 3.8) is 0 Å². The summed E-state index contributed by atoms with van der Waals surface area (Å²) < 4.78 is 0. The number of pyridine rings is 1. The minimum Gasteiger partial charge on any atom is -0.378 e. The van der Waals surface area contributed by atoms with Gasteiger partial charge in [0.15, 0.2) is 0 Å². The van der Waals surface area contributed by atoms with E-state index in [0.717, 1.165) is 35.0 Å². The maximum Gasteiger partial charge on any atom is 0.0746 e. The van der Waals surface area contributed by atoms with E-state index in [1.54, 1.807) is 0 Å². The summed E-state index contributed by atoms with van der Waals surface area (Å²) in [5.74, 6) is 0. The Morgan fingerprint density at radius 2 is 1.77 bits per heavy atom. The molecular formula is C22H24ClN3. The summed E-state index contributed by atoms with van der Waals surface area (Å²) in [5.41, 5.74) is 5.75. The fourth-order valence-corrected chi connectivity index (χ4v) is 3.86. The van der Waals surface area contributed by atoms with Crippen molar-refractivity contribution in [2.24, 2.45) is 0 Å². The number of nitrogens with zero attached hydrogens (tertiary/aromatic N) is 2. The van der Waals surface area contributed by atoms with Crippen LogP contribution in [0.4, 0.5) is 11.4 Å². The Morgan fingerprint density at radius 3 is 2.50 bits per heavy atom. The van der Waals surface area contributed by atoms with E-state index in [9.17, 15) is 0 Å². The molecule has 2 aromatic carbocycles. The summed E-state index contributed by atoms with van der Waals surface area (Å²) in [6.07, 6.45) is 2.56. The summed E-state index contributed by atoms with van der Waals surface area (Å²) in [6, 6.07) is 16.9. The number of hydrogen-bond acceptors (Lipinski definition) is 3. The van der Waals surface area contributed by atoms with Crippen LogP contribution in [0.5, 0.6) is 0 Å². The Hall–Kier alpha value is -2.26. The first-order valence-electron chi connectivity index (χ1n) is 9.28. The lowest BCUT2D eigenvalue weighted by atomic mass is 10.1. The van der Waals surface area contributed by atoms with Gasteiger partial charge in [-0.1, -0.05) is 23.7 Å². The molecule has 26 heavy (non-hydrogen) atoms. The molecule has 1 saturated heterocycles. The zero-order valence-corrected chi connectivity index (χ0v) is 16.1. The van der Waals surface area contributed by atoms with E-state index in [2.05, 4.69) is 60.5 Å². The second-order valence-electron chi connectivity index (χ2n) is 7.13. The van der Waals surface area contributed by atoms with Crippen LogP contribution in [0.2, 0.25) is 5.02 Å². The molecule has 3 aromatic rings. The fraction of sp³-hybridized carbons (Fsp3) is 0.318. The molecule has 0 amide bonds. The van der Waals surface area contributed by atoms with E-state index in [0.29, 0.717) is 0 Å². The maximum absolute atomic E-state index is 5.99. The molecule has 1 aromatic heterocycles. The van der Waals surface area contributed by atoms with E-state index < -0.39 is 0 Å². The van der Waals surface area contributed by atoms with Gasteiger partial charge >= 0.3 is 0 Å². The molecule has 3 nitrogen and oxygen atoms in total. The van der Waals surface area contributed by atoms with Gasteiger partial charge in [-0.2, -0.15) is 0 Å². The third-order valence-corrected chi connectivity index (χ3v) is 5.37. The van der Waals surface area contributed by atoms with Crippen molar-refractivity contribution < 1.29 is 0 Å². The molecule has 0 saturated carbocycles. The number of aromatic nitrogens is 1. The molecule has 0 unspecified atom stereocenters. The van der Waals surface area contributed by atoms with Crippen LogP contribution in [0, 0.1) is 6.92 Å². The SMILES string of the molecule is Cc1cc(N2CCCC2)c2ccc(N[C@H](C)c3ccc(Cl)cc3)cc2n1. The molecule has 1 atom stereocenters. The van der Waals surface area contributed by atoms with Crippen molar-refractivity contribution in [2.75, 3.05) is 23.3 Å². The van der Waals surface area contributed by atoms with Crippen molar-refractivity contribution in [3.05, 3.63) is 64.8 Å². The number of anilines is 2. The topological polar surface area (TPSA) is 28.2 Å². The monoisotopic (exact) mass is 365 g/mol. The molecule has 0 aliphatic carbocycles. The van der Waals surface area contributed by atoms with Crippen LogP contribution < -0.4 is 10.2 Å². The van der Waals surface area contributed by atoms with Gasteiger partial charge in [0.2, 0.25) is 0 Å². The van der Waals surface area contributed by atoms with Crippen LogP contribution >= 0.6 is 11.6 Å². The average Bonchev–Trinajstić information content (AvgIpc) is 3.15. The summed E-state index contributed by atoms with van der Waals surface area (Å²) in [7, 11) is 0. The standard InChI is InChI=1S/C22H24ClN3/c1-15-13-22(26-11-3-4-12-26)20-10-9-19(14-21(20)24-15)25-16(2)17-5-7-18(23)8-6-17/h5-10,13-14,16,25H,3-4,11-12H2,1-2H3/t16-/m1/s1. The number of benzene rings is 2. The Labute approximate surface area is 160 Å². The Kier molecular flexibility index (Phi) is 4.73. The largest absolute Gasteiger partial charge is 0.378 e. The quantitative estimate of drug-likeness (QED) is 0.617. The van der Waals surface area contributed by atoms with Gasteiger partial charge < -0.3 is 10.2 Å². The van der Waals surface area contributed by atoms with Crippen molar-refractivity contribution in [1.82, 2.24) is 4.98 Å². The highest BCUT2D eigenvalue weighted by atomic mass is 35.5. The normalized spacial score (nSPS) is 15.4. The highest BCUT2D eigenvalue weighted by molar-refractivity contribution is 6.30. The average molecular weight is 366 g/mol. The number of rotatable bonds is 4. The first kappa shape index (κ1) is 17.2. The van der Waals surface area contributed by atoms with Gasteiger partial charge in [0.25, 0.3) is 0 Å². The zero-order chi connectivity index (χ0) is 18.1. The van der Waals surface area contributed by atoms with Gasteiger partial charge in [0.05, 0.1) is 5.52 Å². The zero-order valence-electron chi connectivity index (χ0n) is 15.3. The van der Waals surface area contributed by atoms with Crippen LogP contribution in [0.3, 0.4) is 0 Å². The number of hydrogen-bond donors (Lipinski definition) is 1. The highest BCUT2D eigenvalue weighted by Gasteiger charge is 2.16. The third kappa shape index (κ3) is 3.49. The second kappa shape index (κ2) is 7.16. The molecule has 0 spiro atoms. The summed E-state index contributed by atoms with van der Waals surface area (Å²) >= 11 is 5.99. The van der Waals surface area contributed by atoms with Gasteiger partial charge in [-0.3, -0.25) is 4.98 Å². The van der Waals surface area contributed by atoms with Crippen molar-refractivity contribution >= 4 is 33.9 Å². The number of halogens is 1. The molecule has 4 rings (SSSR count). The molecule has 4 heteroatoms. The molecule has 134 valence electrons. The van der Waals surface area contributed by atoms with E-state index >= 15 is 0 Å². The molecule has 1 aliphatic rings. The summed E-state index contributed by atoms with van der Waals surface area (Å²) in [4.78, 5) is 7.26. The smallest absolute Gasteiger partial charge is 0.0746 e. The molecular weight excluding hydrogens is 342 g/mol. The minimum absolute atomic E-state index is 0.201. The Morgan fingerprint density at radius 1 is 1.04 bits per heavy atom. The van der Waals surface area contributed by atoms with Crippen LogP contribution in [-0.4, -0.2) is 18.1 Å². The number of fused-ring (bicyclic) bond motifs is 1. The molecule has 0 radical (unpaired) electrons. The first-order valence-corrected chi connectivity index (χ1v) is 9.66. The van der Waals surface area contributed by atoms with E-state index in [1.165, 1.54) is 29.5 Å². The van der Waals surface area contributed by atoms with Crippen LogP contribution in [0.1, 0.15) is 37.1 Å². The molecule has 0 bridgehead atoms. The lowest BCUT2D eigenvalue weighted by Crippen LogP contribution is -2.18. The summed E-state index contributed by atoms with van der Waals surface area (Å²) in [5, 5.41) is 5.58.